The summed E-state index contributed by atoms with van der Waals surface area (Å²) in [5.74, 6) is -0.750. The fourth-order valence-corrected chi connectivity index (χ4v) is 0.836. The number of carboxylic acid groups (broad SMARTS) is 1. The summed E-state index contributed by atoms with van der Waals surface area (Å²) in [6.07, 6.45) is 0.641. The van der Waals surface area contributed by atoms with Gasteiger partial charge in [-0.25, -0.2) is 0 Å². The lowest BCUT2D eigenvalue weighted by molar-refractivity contribution is -0.147. The highest BCUT2D eigenvalue weighted by molar-refractivity contribution is 5.74. The summed E-state index contributed by atoms with van der Waals surface area (Å²) in [4.78, 5) is 10.4. The summed E-state index contributed by atoms with van der Waals surface area (Å²) in [6, 6.07) is 0. The third-order valence-electron chi connectivity index (χ3n) is 1.74. The van der Waals surface area contributed by atoms with E-state index in [2.05, 4.69) is 0 Å². The fourth-order valence-electron chi connectivity index (χ4n) is 0.836. The molecule has 3 heteroatoms. The summed E-state index contributed by atoms with van der Waals surface area (Å²) in [5, 5.41) is 8.59. The van der Waals surface area contributed by atoms with Crippen molar-refractivity contribution < 1.29 is 14.6 Å². The van der Waals surface area contributed by atoms with E-state index in [0.29, 0.717) is 19.6 Å². The van der Waals surface area contributed by atoms with Crippen molar-refractivity contribution in [2.24, 2.45) is 5.41 Å². The van der Waals surface area contributed by atoms with Gasteiger partial charge in [0.2, 0.25) is 0 Å². The highest BCUT2D eigenvalue weighted by Gasteiger charge is 2.37. The Morgan fingerprint density at radius 2 is 2.44 bits per heavy atom. The molecular formula is C6H10O3. The SMILES string of the molecule is CC1(C(=O)O)CCOC1. The van der Waals surface area contributed by atoms with E-state index in [-0.39, 0.29) is 0 Å². The van der Waals surface area contributed by atoms with E-state index < -0.39 is 11.4 Å². The largest absolute Gasteiger partial charge is 0.481 e. The molecule has 0 spiro atoms. The number of hydrogen-bond acceptors (Lipinski definition) is 2. The highest BCUT2D eigenvalue weighted by atomic mass is 16.5. The van der Waals surface area contributed by atoms with Crippen LogP contribution in [0.15, 0.2) is 0 Å². The van der Waals surface area contributed by atoms with Gasteiger partial charge in [-0.05, 0) is 13.3 Å². The van der Waals surface area contributed by atoms with Crippen LogP contribution in [-0.4, -0.2) is 24.3 Å². The zero-order valence-electron chi connectivity index (χ0n) is 5.39. The van der Waals surface area contributed by atoms with Gasteiger partial charge in [0.05, 0.1) is 12.0 Å². The Balaban J connectivity index is 2.61. The van der Waals surface area contributed by atoms with Gasteiger partial charge in [-0.15, -0.1) is 0 Å². The van der Waals surface area contributed by atoms with Crippen molar-refractivity contribution in [1.29, 1.82) is 0 Å². The van der Waals surface area contributed by atoms with E-state index >= 15 is 0 Å². The standard InChI is InChI=1S/C6H10O3/c1-6(5(7)8)2-3-9-4-6/h2-4H2,1H3,(H,7,8). The van der Waals surface area contributed by atoms with Crippen molar-refractivity contribution in [2.75, 3.05) is 13.2 Å². The zero-order chi connectivity index (χ0) is 6.91. The lowest BCUT2D eigenvalue weighted by Gasteiger charge is -2.13. The monoisotopic (exact) mass is 130 g/mol. The van der Waals surface area contributed by atoms with Gasteiger partial charge < -0.3 is 9.84 Å². The molecule has 0 saturated carbocycles. The number of carbonyl (C=O) groups is 1. The molecule has 0 aliphatic carbocycles. The van der Waals surface area contributed by atoms with Gasteiger partial charge in [-0.3, -0.25) is 4.79 Å². The second-order valence-corrected chi connectivity index (χ2v) is 2.67. The van der Waals surface area contributed by atoms with Crippen molar-refractivity contribution in [3.8, 4) is 0 Å². The smallest absolute Gasteiger partial charge is 0.311 e. The molecule has 52 valence electrons. The first-order valence-corrected chi connectivity index (χ1v) is 2.96. The van der Waals surface area contributed by atoms with Crippen LogP contribution in [0.2, 0.25) is 0 Å². The minimum absolute atomic E-state index is 0.363. The molecule has 1 saturated heterocycles. The summed E-state index contributed by atoms with van der Waals surface area (Å²) < 4.78 is 4.94. The van der Waals surface area contributed by atoms with Gasteiger partial charge in [-0.2, -0.15) is 0 Å². The predicted octanol–water partition coefficient (Wildman–Crippen LogP) is 0.498. The average Bonchev–Trinajstić information content (AvgIpc) is 2.16. The molecule has 3 nitrogen and oxygen atoms in total. The Kier molecular flexibility index (Phi) is 1.45. The van der Waals surface area contributed by atoms with Gasteiger partial charge in [0.15, 0.2) is 0 Å². The van der Waals surface area contributed by atoms with Crippen LogP contribution >= 0.6 is 0 Å². The van der Waals surface area contributed by atoms with E-state index in [1.165, 1.54) is 0 Å². The van der Waals surface area contributed by atoms with Crippen LogP contribution in [0.3, 0.4) is 0 Å². The molecule has 9 heavy (non-hydrogen) atoms. The second-order valence-electron chi connectivity index (χ2n) is 2.67. The molecule has 0 amide bonds. The molecular weight excluding hydrogens is 120 g/mol. The second kappa shape index (κ2) is 1.99. The Hall–Kier alpha value is -0.570. The Labute approximate surface area is 53.6 Å². The number of carboxylic acids is 1. The van der Waals surface area contributed by atoms with Crippen molar-refractivity contribution in [2.45, 2.75) is 13.3 Å². The fraction of sp³-hybridized carbons (Fsp3) is 0.833. The first-order chi connectivity index (χ1) is 4.15. The number of rotatable bonds is 1. The lowest BCUT2D eigenvalue weighted by Crippen LogP contribution is -2.27. The van der Waals surface area contributed by atoms with Crippen LogP contribution in [0.4, 0.5) is 0 Å². The average molecular weight is 130 g/mol. The van der Waals surface area contributed by atoms with Crippen LogP contribution in [0.1, 0.15) is 13.3 Å². The third-order valence-corrected chi connectivity index (χ3v) is 1.74. The van der Waals surface area contributed by atoms with Gasteiger partial charge in [-0.1, -0.05) is 0 Å². The van der Waals surface area contributed by atoms with Crippen LogP contribution in [0, 0.1) is 5.41 Å². The van der Waals surface area contributed by atoms with Crippen LogP contribution < -0.4 is 0 Å². The van der Waals surface area contributed by atoms with Gasteiger partial charge >= 0.3 is 5.97 Å². The highest BCUT2D eigenvalue weighted by Crippen LogP contribution is 2.27. The number of hydrogen-bond donors (Lipinski definition) is 1. The Morgan fingerprint density at radius 1 is 1.78 bits per heavy atom. The molecule has 1 aliphatic heterocycles. The zero-order valence-corrected chi connectivity index (χ0v) is 5.39. The molecule has 1 aliphatic rings. The maximum atomic E-state index is 10.4. The Bertz CT molecular complexity index is 124. The summed E-state index contributed by atoms with van der Waals surface area (Å²) in [5.41, 5.74) is -0.611. The van der Waals surface area contributed by atoms with Crippen molar-refractivity contribution in [3.63, 3.8) is 0 Å². The van der Waals surface area contributed by atoms with Crippen molar-refractivity contribution >= 4 is 5.97 Å². The summed E-state index contributed by atoms with van der Waals surface area (Å²) in [7, 11) is 0. The molecule has 0 bridgehead atoms. The molecule has 0 aromatic heterocycles. The van der Waals surface area contributed by atoms with E-state index in [4.69, 9.17) is 9.84 Å². The lowest BCUT2D eigenvalue weighted by atomic mass is 9.91. The topological polar surface area (TPSA) is 46.5 Å². The third kappa shape index (κ3) is 1.05. The molecule has 1 rings (SSSR count). The van der Waals surface area contributed by atoms with Gasteiger partial charge in [0.1, 0.15) is 0 Å². The van der Waals surface area contributed by atoms with Crippen LogP contribution in [0.5, 0.6) is 0 Å². The molecule has 1 heterocycles. The van der Waals surface area contributed by atoms with Crippen molar-refractivity contribution in [1.82, 2.24) is 0 Å². The number of aliphatic carboxylic acids is 1. The summed E-state index contributed by atoms with van der Waals surface area (Å²) >= 11 is 0. The van der Waals surface area contributed by atoms with Crippen molar-refractivity contribution in [3.05, 3.63) is 0 Å². The molecule has 1 atom stereocenters. The predicted molar refractivity (Wildman–Crippen MR) is 31.2 cm³/mol. The van der Waals surface area contributed by atoms with E-state index in [9.17, 15) is 4.79 Å². The normalized spacial score (nSPS) is 34.8. The molecule has 0 aromatic rings. The van der Waals surface area contributed by atoms with E-state index in [1.54, 1.807) is 6.92 Å². The molecule has 1 N–H and O–H groups in total. The molecule has 0 radical (unpaired) electrons. The quantitative estimate of drug-likeness (QED) is 0.562. The summed E-state index contributed by atoms with van der Waals surface area (Å²) in [6.45, 7) is 2.66. The molecule has 1 fully saturated rings. The van der Waals surface area contributed by atoms with E-state index in [1.807, 2.05) is 0 Å². The maximum absolute atomic E-state index is 10.4. The first kappa shape index (κ1) is 6.55. The van der Waals surface area contributed by atoms with Gasteiger partial charge in [0, 0.05) is 6.61 Å². The maximum Gasteiger partial charge on any atom is 0.311 e. The van der Waals surface area contributed by atoms with Crippen LogP contribution in [-0.2, 0) is 9.53 Å². The van der Waals surface area contributed by atoms with Gasteiger partial charge in [0.25, 0.3) is 0 Å². The van der Waals surface area contributed by atoms with Crippen LogP contribution in [0.25, 0.3) is 0 Å². The molecule has 0 aromatic carbocycles. The van der Waals surface area contributed by atoms with E-state index in [0.717, 1.165) is 0 Å². The first-order valence-electron chi connectivity index (χ1n) is 2.96. The minimum atomic E-state index is -0.750. The minimum Gasteiger partial charge on any atom is -0.481 e. The number of ether oxygens (including phenoxy) is 1. The molecule has 1 unspecified atom stereocenters. The Morgan fingerprint density at radius 3 is 2.67 bits per heavy atom.